The number of rotatable bonds is 0. The molecule has 10 nitrogen and oxygen atoms in total. The van der Waals surface area contributed by atoms with Gasteiger partial charge in [-0.05, 0) is 0 Å². The number of carbonyl (C=O) groups excluding carboxylic acids is 1. The number of ketones is 1. The summed E-state index contributed by atoms with van der Waals surface area (Å²) in [5, 5.41) is 43.4. The van der Waals surface area contributed by atoms with E-state index in [9.17, 15) is 25.2 Å². The van der Waals surface area contributed by atoms with Crippen LogP contribution in [0.4, 0.5) is 0 Å². The highest BCUT2D eigenvalue weighted by molar-refractivity contribution is 5.92. The van der Waals surface area contributed by atoms with Crippen molar-refractivity contribution in [1.29, 1.82) is 0 Å². The molecule has 4 heterocycles. The fourth-order valence-corrected chi connectivity index (χ4v) is 3.72. The summed E-state index contributed by atoms with van der Waals surface area (Å²) in [7, 11) is 0. The van der Waals surface area contributed by atoms with Gasteiger partial charge in [0.1, 0.15) is 17.7 Å². The SMILES string of the molecule is NC1=N[C@H](O)C2C3OC4(O)OC(C3=O)[C@@H](O)[C@@]2(N1)[C@@H]4O. The molecule has 1 saturated carbocycles. The first-order valence-corrected chi connectivity index (χ1v) is 6.08. The zero-order valence-corrected chi connectivity index (χ0v) is 10.0. The van der Waals surface area contributed by atoms with Crippen LogP contribution >= 0.6 is 0 Å². The first-order valence-electron chi connectivity index (χ1n) is 6.08. The lowest BCUT2D eigenvalue weighted by atomic mass is 9.59. The number of nitrogens with two attached hydrogens (primary N) is 1. The molecule has 5 aliphatic rings. The second-order valence-electron chi connectivity index (χ2n) is 5.47. The van der Waals surface area contributed by atoms with Crippen LogP contribution in [0.5, 0.6) is 0 Å². The maximum atomic E-state index is 12.1. The molecule has 4 unspecified atom stereocenters. The van der Waals surface area contributed by atoms with E-state index in [2.05, 4.69) is 10.3 Å². The normalized spacial score (nSPS) is 60.0. The van der Waals surface area contributed by atoms with E-state index >= 15 is 0 Å². The van der Waals surface area contributed by atoms with E-state index in [4.69, 9.17) is 15.2 Å². The molecule has 5 rings (SSSR count). The maximum Gasteiger partial charge on any atom is 0.312 e. The van der Waals surface area contributed by atoms with Crippen LogP contribution in [0.15, 0.2) is 4.99 Å². The summed E-state index contributed by atoms with van der Waals surface area (Å²) in [6.07, 6.45) is -7.37. The molecule has 0 aromatic heterocycles. The Labute approximate surface area is 111 Å². The summed E-state index contributed by atoms with van der Waals surface area (Å²) in [5.74, 6) is -4.37. The quantitative estimate of drug-likeness (QED) is 0.256. The van der Waals surface area contributed by atoms with Gasteiger partial charge >= 0.3 is 5.97 Å². The minimum absolute atomic E-state index is 0.218. The van der Waals surface area contributed by atoms with Crippen molar-refractivity contribution in [3.63, 3.8) is 0 Å². The lowest BCUT2D eigenvalue weighted by molar-refractivity contribution is -0.496. The van der Waals surface area contributed by atoms with Gasteiger partial charge in [-0.25, -0.2) is 4.99 Å². The van der Waals surface area contributed by atoms with E-state index in [1.165, 1.54) is 0 Å². The predicted octanol–water partition coefficient (Wildman–Crippen LogP) is -4.67. The molecule has 0 aromatic carbocycles. The molecule has 0 aromatic rings. The molecule has 20 heavy (non-hydrogen) atoms. The Hall–Kier alpha value is -1.30. The summed E-state index contributed by atoms with van der Waals surface area (Å²) >= 11 is 0. The number of ether oxygens (including phenoxy) is 2. The van der Waals surface area contributed by atoms with Gasteiger partial charge in [-0.1, -0.05) is 0 Å². The van der Waals surface area contributed by atoms with Crippen molar-refractivity contribution < 1.29 is 34.7 Å². The number of aliphatic hydroxyl groups is 4. The zero-order valence-electron chi connectivity index (χ0n) is 10.0. The Balaban J connectivity index is 1.95. The van der Waals surface area contributed by atoms with Gasteiger partial charge in [-0.2, -0.15) is 0 Å². The average Bonchev–Trinajstić information content (AvgIpc) is 2.36. The van der Waals surface area contributed by atoms with E-state index in [0.29, 0.717) is 0 Å². The minimum Gasteiger partial charge on any atom is -0.387 e. The third-order valence-electron chi connectivity index (χ3n) is 4.54. The molecule has 4 aliphatic heterocycles. The van der Waals surface area contributed by atoms with E-state index in [1.807, 2.05) is 0 Å². The van der Waals surface area contributed by atoms with Gasteiger partial charge < -0.3 is 41.0 Å². The number of guanidine groups is 1. The second kappa shape index (κ2) is 3.30. The summed E-state index contributed by atoms with van der Waals surface area (Å²) in [6.45, 7) is 0. The highest BCUT2D eigenvalue weighted by Crippen LogP contribution is 2.54. The summed E-state index contributed by atoms with van der Waals surface area (Å²) < 4.78 is 10.0. The van der Waals surface area contributed by atoms with Crippen LogP contribution in [0.1, 0.15) is 0 Å². The number of nitrogens with zero attached hydrogens (tertiary/aromatic N) is 1. The number of aliphatic imine (C=N–C) groups is 1. The fourth-order valence-electron chi connectivity index (χ4n) is 3.72. The zero-order chi connectivity index (χ0) is 14.4. The van der Waals surface area contributed by atoms with E-state index in [1.54, 1.807) is 0 Å². The molecule has 4 bridgehead atoms. The molecule has 0 radical (unpaired) electrons. The van der Waals surface area contributed by atoms with Crippen molar-refractivity contribution in [1.82, 2.24) is 5.32 Å². The van der Waals surface area contributed by atoms with Crippen LogP contribution in [-0.4, -0.2) is 74.3 Å². The monoisotopic (exact) mass is 287 g/mol. The van der Waals surface area contributed by atoms with E-state index in [0.717, 1.165) is 0 Å². The number of hydrogen-bond donors (Lipinski definition) is 6. The van der Waals surface area contributed by atoms with Gasteiger partial charge in [0.05, 0.1) is 5.92 Å². The van der Waals surface area contributed by atoms with Crippen LogP contribution in [0.25, 0.3) is 0 Å². The van der Waals surface area contributed by atoms with Crippen LogP contribution in [0.2, 0.25) is 0 Å². The molecule has 110 valence electrons. The molecule has 10 heteroatoms. The Bertz CT molecular complexity index is 541. The van der Waals surface area contributed by atoms with Gasteiger partial charge in [-0.3, -0.25) is 4.79 Å². The fraction of sp³-hybridized carbons (Fsp3) is 0.800. The largest absolute Gasteiger partial charge is 0.387 e. The van der Waals surface area contributed by atoms with E-state index in [-0.39, 0.29) is 5.96 Å². The number of nitrogens with one attached hydrogen (secondary N) is 1. The Kier molecular flexibility index (Phi) is 2.05. The van der Waals surface area contributed by atoms with Gasteiger partial charge in [0.25, 0.3) is 0 Å². The molecule has 7 N–H and O–H groups in total. The van der Waals surface area contributed by atoms with Crippen molar-refractivity contribution in [2.75, 3.05) is 0 Å². The molecule has 1 spiro atoms. The average molecular weight is 287 g/mol. The summed E-state index contributed by atoms with van der Waals surface area (Å²) in [5.41, 5.74) is 3.87. The van der Waals surface area contributed by atoms with Crippen LogP contribution in [0, 0.1) is 5.92 Å². The van der Waals surface area contributed by atoms with Gasteiger partial charge in [0.2, 0.25) is 0 Å². The van der Waals surface area contributed by atoms with E-state index < -0.39 is 53.9 Å². The van der Waals surface area contributed by atoms with Crippen molar-refractivity contribution in [3.05, 3.63) is 0 Å². The molecule has 8 atom stereocenters. The predicted molar refractivity (Wildman–Crippen MR) is 58.7 cm³/mol. The minimum atomic E-state index is -2.44. The standard InChI is InChI=1S/C10H13N3O7/c11-8-12-6(16)1-3-2(14)4-5(15)9(1,13-8)7(17)10(18,19-3)20-4/h1,3-7,15-18H,(H3,11,12,13)/t1?,3?,4?,5-,6-,7+,9-,10?/m1/s1. The van der Waals surface area contributed by atoms with Crippen LogP contribution in [0.3, 0.4) is 0 Å². The van der Waals surface area contributed by atoms with Gasteiger partial charge in [0.15, 0.2) is 30.2 Å². The Morgan fingerprint density at radius 2 is 1.90 bits per heavy atom. The first kappa shape index (κ1) is 12.4. The second-order valence-corrected chi connectivity index (χ2v) is 5.47. The van der Waals surface area contributed by atoms with Crippen LogP contribution < -0.4 is 11.1 Å². The Morgan fingerprint density at radius 1 is 1.25 bits per heavy atom. The first-order chi connectivity index (χ1) is 9.31. The van der Waals surface area contributed by atoms with Crippen LogP contribution in [-0.2, 0) is 14.3 Å². The molecular weight excluding hydrogens is 274 g/mol. The third-order valence-corrected chi connectivity index (χ3v) is 4.54. The van der Waals surface area contributed by atoms with Gasteiger partial charge in [0, 0.05) is 0 Å². The van der Waals surface area contributed by atoms with Gasteiger partial charge in [-0.15, -0.1) is 0 Å². The number of Topliss-reactive ketones (excluding diaryl/α,β-unsaturated/α-hetero) is 1. The van der Waals surface area contributed by atoms with Crippen molar-refractivity contribution in [2.24, 2.45) is 16.6 Å². The molecule has 1 aliphatic carbocycles. The maximum absolute atomic E-state index is 12.1. The molecular formula is C10H13N3O7. The Morgan fingerprint density at radius 3 is 2.60 bits per heavy atom. The number of carbonyl (C=O) groups is 1. The topological polar surface area (TPSA) is 167 Å². The number of aliphatic hydroxyl groups excluding tert-OH is 3. The third kappa shape index (κ3) is 1.08. The summed E-state index contributed by atoms with van der Waals surface area (Å²) in [6, 6.07) is 0. The van der Waals surface area contributed by atoms with Crippen molar-refractivity contribution >= 4 is 11.7 Å². The molecule has 3 saturated heterocycles. The molecule has 0 amide bonds. The lowest BCUT2D eigenvalue weighted by Crippen LogP contribution is -2.92. The van der Waals surface area contributed by atoms with Crippen molar-refractivity contribution in [3.8, 4) is 0 Å². The number of hydrogen-bond acceptors (Lipinski definition) is 10. The highest BCUT2D eigenvalue weighted by atomic mass is 16.9. The molecule has 4 fully saturated rings. The highest BCUT2D eigenvalue weighted by Gasteiger charge is 2.79. The lowest BCUT2D eigenvalue weighted by Gasteiger charge is -2.66. The summed E-state index contributed by atoms with van der Waals surface area (Å²) in [4.78, 5) is 15.8. The van der Waals surface area contributed by atoms with Crippen molar-refractivity contribution in [2.45, 2.75) is 42.2 Å². The smallest absolute Gasteiger partial charge is 0.312 e.